The zero-order chi connectivity index (χ0) is 12.5. The van der Waals surface area contributed by atoms with E-state index in [2.05, 4.69) is 0 Å². The van der Waals surface area contributed by atoms with E-state index in [1.807, 2.05) is 0 Å². The molecule has 0 aromatic carbocycles. The van der Waals surface area contributed by atoms with Gasteiger partial charge in [0.25, 0.3) is 0 Å². The minimum absolute atomic E-state index is 0.291. The highest BCUT2D eigenvalue weighted by Crippen LogP contribution is 2.26. The van der Waals surface area contributed by atoms with Crippen LogP contribution in [-0.4, -0.2) is 57.3 Å². The smallest absolute Gasteiger partial charge is 0.314 e. The Hall–Kier alpha value is -0.730. The van der Waals surface area contributed by atoms with Gasteiger partial charge in [0.1, 0.15) is 18.1 Å². The Morgan fingerprint density at radius 1 is 1.25 bits per heavy atom. The minimum Gasteiger partial charge on any atom is -0.481 e. The van der Waals surface area contributed by atoms with E-state index < -0.39 is 36.7 Å². The van der Waals surface area contributed by atoms with Crippen LogP contribution < -0.4 is 0 Å². The first kappa shape index (κ1) is 13.3. The quantitative estimate of drug-likeness (QED) is 0.471. The van der Waals surface area contributed by atoms with E-state index >= 15 is 0 Å². The standard InChI is InChI=1S/C9H16O7/c1-3(2)15-9-6(11)5(10)4(7(12)13)8(14)16-9/h3-6,8-11,14H,1-2H3,(H,12,13). The molecule has 1 heterocycles. The number of aliphatic hydroxyl groups excluding tert-OH is 3. The van der Waals surface area contributed by atoms with Crippen LogP contribution in [0.25, 0.3) is 0 Å². The number of aliphatic carboxylic acids is 1. The number of carbonyl (C=O) groups is 1. The molecular weight excluding hydrogens is 220 g/mol. The summed E-state index contributed by atoms with van der Waals surface area (Å²) in [5, 5.41) is 37.1. The first-order valence-electron chi connectivity index (χ1n) is 4.92. The summed E-state index contributed by atoms with van der Waals surface area (Å²) in [6, 6.07) is 0. The van der Waals surface area contributed by atoms with Crippen molar-refractivity contribution in [2.45, 2.75) is 44.7 Å². The predicted octanol–water partition coefficient (Wildman–Crippen LogP) is -1.49. The number of aliphatic hydroxyl groups is 3. The molecule has 7 heteroatoms. The molecule has 0 bridgehead atoms. The summed E-state index contributed by atoms with van der Waals surface area (Å²) in [5.74, 6) is -3.02. The summed E-state index contributed by atoms with van der Waals surface area (Å²) < 4.78 is 9.88. The highest BCUT2D eigenvalue weighted by Gasteiger charge is 2.48. The average molecular weight is 236 g/mol. The molecule has 0 aliphatic carbocycles. The van der Waals surface area contributed by atoms with Gasteiger partial charge in [-0.3, -0.25) is 4.79 Å². The lowest BCUT2D eigenvalue weighted by Gasteiger charge is -2.39. The largest absolute Gasteiger partial charge is 0.481 e. The SMILES string of the molecule is CC(C)OC1OC(O)C(C(=O)O)C(O)C1O. The fourth-order valence-electron chi connectivity index (χ4n) is 1.49. The first-order chi connectivity index (χ1) is 7.34. The van der Waals surface area contributed by atoms with Crippen LogP contribution in [0.3, 0.4) is 0 Å². The lowest BCUT2D eigenvalue weighted by atomic mass is 9.94. The maximum Gasteiger partial charge on any atom is 0.314 e. The van der Waals surface area contributed by atoms with Gasteiger partial charge in [0.05, 0.1) is 6.10 Å². The fraction of sp³-hybridized carbons (Fsp3) is 0.889. The molecule has 0 amide bonds. The predicted molar refractivity (Wildman–Crippen MR) is 50.2 cm³/mol. The molecule has 7 nitrogen and oxygen atoms in total. The van der Waals surface area contributed by atoms with Crippen molar-refractivity contribution < 1.29 is 34.7 Å². The maximum atomic E-state index is 10.7. The Kier molecular flexibility index (Phi) is 4.22. The summed E-state index contributed by atoms with van der Waals surface area (Å²) in [7, 11) is 0. The maximum absolute atomic E-state index is 10.7. The van der Waals surface area contributed by atoms with Crippen LogP contribution in [0.4, 0.5) is 0 Å². The second-order valence-electron chi connectivity index (χ2n) is 3.93. The molecular formula is C9H16O7. The van der Waals surface area contributed by atoms with Gasteiger partial charge < -0.3 is 29.9 Å². The molecule has 0 spiro atoms. The van der Waals surface area contributed by atoms with Gasteiger partial charge in [0, 0.05) is 0 Å². The number of carboxylic acid groups (broad SMARTS) is 1. The van der Waals surface area contributed by atoms with Crippen LogP contribution in [0.5, 0.6) is 0 Å². The third-order valence-electron chi connectivity index (χ3n) is 2.27. The summed E-state index contributed by atoms with van der Waals surface area (Å²) in [5.41, 5.74) is 0. The van der Waals surface area contributed by atoms with Gasteiger partial charge in [-0.1, -0.05) is 0 Å². The van der Waals surface area contributed by atoms with E-state index in [1.165, 1.54) is 0 Å². The van der Waals surface area contributed by atoms with Crippen LogP contribution >= 0.6 is 0 Å². The van der Waals surface area contributed by atoms with E-state index in [9.17, 15) is 20.1 Å². The molecule has 1 rings (SSSR count). The van der Waals surface area contributed by atoms with Crippen molar-refractivity contribution in [3.8, 4) is 0 Å². The van der Waals surface area contributed by atoms with Gasteiger partial charge >= 0.3 is 5.97 Å². The van der Waals surface area contributed by atoms with Gasteiger partial charge in [-0.05, 0) is 13.8 Å². The van der Waals surface area contributed by atoms with Crippen molar-refractivity contribution in [1.82, 2.24) is 0 Å². The number of carboxylic acids is 1. The molecule has 0 aromatic rings. The van der Waals surface area contributed by atoms with Crippen LogP contribution in [0, 0.1) is 5.92 Å². The third kappa shape index (κ3) is 2.69. The number of ether oxygens (including phenoxy) is 2. The van der Waals surface area contributed by atoms with E-state index in [1.54, 1.807) is 13.8 Å². The van der Waals surface area contributed by atoms with E-state index in [4.69, 9.17) is 14.6 Å². The molecule has 1 aliphatic heterocycles. The monoisotopic (exact) mass is 236 g/mol. The Bertz CT molecular complexity index is 254. The third-order valence-corrected chi connectivity index (χ3v) is 2.27. The van der Waals surface area contributed by atoms with Crippen LogP contribution in [-0.2, 0) is 14.3 Å². The van der Waals surface area contributed by atoms with Crippen molar-refractivity contribution >= 4 is 5.97 Å². The highest BCUT2D eigenvalue weighted by atomic mass is 16.7. The summed E-state index contributed by atoms with van der Waals surface area (Å²) in [6.07, 6.45) is -6.38. The summed E-state index contributed by atoms with van der Waals surface area (Å²) in [6.45, 7) is 3.36. The second-order valence-corrected chi connectivity index (χ2v) is 3.93. The number of rotatable bonds is 3. The molecule has 4 N–H and O–H groups in total. The molecule has 5 unspecified atom stereocenters. The molecule has 16 heavy (non-hydrogen) atoms. The number of hydrogen-bond donors (Lipinski definition) is 4. The van der Waals surface area contributed by atoms with Crippen LogP contribution in [0.2, 0.25) is 0 Å². The Balaban J connectivity index is 2.74. The Labute approximate surface area is 92.2 Å². The second kappa shape index (κ2) is 5.07. The van der Waals surface area contributed by atoms with Gasteiger partial charge in [0.15, 0.2) is 12.6 Å². The topological polar surface area (TPSA) is 116 Å². The summed E-state index contributed by atoms with van der Waals surface area (Å²) >= 11 is 0. The van der Waals surface area contributed by atoms with Crippen molar-refractivity contribution in [2.24, 2.45) is 5.92 Å². The van der Waals surface area contributed by atoms with Crippen LogP contribution in [0.1, 0.15) is 13.8 Å². The van der Waals surface area contributed by atoms with Crippen molar-refractivity contribution in [1.29, 1.82) is 0 Å². The minimum atomic E-state index is -1.71. The lowest BCUT2D eigenvalue weighted by molar-refractivity contribution is -0.332. The average Bonchev–Trinajstić information content (AvgIpc) is 2.12. The molecule has 94 valence electrons. The van der Waals surface area contributed by atoms with Crippen molar-refractivity contribution in [3.05, 3.63) is 0 Å². The molecule has 0 radical (unpaired) electrons. The normalized spacial score (nSPS) is 40.0. The summed E-state index contributed by atoms with van der Waals surface area (Å²) in [4.78, 5) is 10.7. The van der Waals surface area contributed by atoms with E-state index in [0.29, 0.717) is 0 Å². The Morgan fingerprint density at radius 3 is 2.25 bits per heavy atom. The zero-order valence-corrected chi connectivity index (χ0v) is 8.98. The van der Waals surface area contributed by atoms with Gasteiger partial charge in [0.2, 0.25) is 0 Å². The molecule has 1 aliphatic rings. The fourth-order valence-corrected chi connectivity index (χ4v) is 1.49. The molecule has 1 fully saturated rings. The van der Waals surface area contributed by atoms with E-state index in [-0.39, 0.29) is 6.10 Å². The van der Waals surface area contributed by atoms with Gasteiger partial charge in [-0.25, -0.2) is 0 Å². The van der Waals surface area contributed by atoms with Crippen molar-refractivity contribution in [2.75, 3.05) is 0 Å². The number of hydrogen-bond acceptors (Lipinski definition) is 6. The van der Waals surface area contributed by atoms with Gasteiger partial charge in [-0.2, -0.15) is 0 Å². The highest BCUT2D eigenvalue weighted by molar-refractivity contribution is 5.71. The molecule has 5 atom stereocenters. The molecule has 0 aromatic heterocycles. The van der Waals surface area contributed by atoms with Crippen LogP contribution in [0.15, 0.2) is 0 Å². The van der Waals surface area contributed by atoms with E-state index in [0.717, 1.165) is 0 Å². The molecule has 1 saturated heterocycles. The van der Waals surface area contributed by atoms with Gasteiger partial charge in [-0.15, -0.1) is 0 Å². The molecule has 0 saturated carbocycles. The lowest BCUT2D eigenvalue weighted by Crippen LogP contribution is -2.57. The zero-order valence-electron chi connectivity index (χ0n) is 8.98. The van der Waals surface area contributed by atoms with Crippen molar-refractivity contribution in [3.63, 3.8) is 0 Å². The Morgan fingerprint density at radius 2 is 1.81 bits per heavy atom. The first-order valence-corrected chi connectivity index (χ1v) is 4.92.